The van der Waals surface area contributed by atoms with E-state index in [1.54, 1.807) is 0 Å². The quantitative estimate of drug-likeness (QED) is 0.719. The minimum Gasteiger partial charge on any atom is -0.480 e. The number of urea groups is 1. The molecule has 0 aromatic heterocycles. The Morgan fingerprint density at radius 3 is 2.33 bits per heavy atom. The molecule has 1 aliphatic heterocycles. The molecule has 2 rings (SSSR count). The summed E-state index contributed by atoms with van der Waals surface area (Å²) in [6.45, 7) is 4.84. The van der Waals surface area contributed by atoms with E-state index in [1.165, 1.54) is 19.3 Å². The van der Waals surface area contributed by atoms with Crippen LogP contribution in [-0.2, 0) is 4.79 Å². The Morgan fingerprint density at radius 1 is 1.14 bits per heavy atom. The first-order valence-electron chi connectivity index (χ1n) is 8.07. The molecule has 1 saturated heterocycles. The third-order valence-electron chi connectivity index (χ3n) is 4.79. The number of amides is 2. The highest BCUT2D eigenvalue weighted by molar-refractivity contribution is 5.86. The van der Waals surface area contributed by atoms with Crippen LogP contribution in [-0.4, -0.2) is 53.2 Å². The van der Waals surface area contributed by atoms with Gasteiger partial charge in [0, 0.05) is 12.6 Å². The van der Waals surface area contributed by atoms with Crippen LogP contribution in [0.1, 0.15) is 51.9 Å². The van der Waals surface area contributed by atoms with E-state index in [-0.39, 0.29) is 6.03 Å². The number of likely N-dealkylation sites (tertiary alicyclic amines) is 1. The average Bonchev–Trinajstić information content (AvgIpc) is 2.95. The summed E-state index contributed by atoms with van der Waals surface area (Å²) in [6, 6.07) is -0.0661. The highest BCUT2D eigenvalue weighted by Crippen LogP contribution is 2.29. The molecule has 6 nitrogen and oxygen atoms in total. The van der Waals surface area contributed by atoms with E-state index in [0.29, 0.717) is 25.4 Å². The Hall–Kier alpha value is -1.30. The summed E-state index contributed by atoms with van der Waals surface area (Å²) in [4.78, 5) is 25.8. The number of piperidine rings is 1. The van der Waals surface area contributed by atoms with Crippen molar-refractivity contribution in [1.82, 2.24) is 15.5 Å². The molecule has 1 unspecified atom stereocenters. The van der Waals surface area contributed by atoms with Crippen molar-refractivity contribution >= 4 is 12.0 Å². The van der Waals surface area contributed by atoms with Crippen LogP contribution >= 0.6 is 0 Å². The van der Waals surface area contributed by atoms with Crippen molar-refractivity contribution in [2.45, 2.75) is 63.5 Å². The molecule has 0 aromatic carbocycles. The average molecular weight is 297 g/mol. The summed E-state index contributed by atoms with van der Waals surface area (Å²) in [5.41, 5.74) is -1.06. The second kappa shape index (κ2) is 7.11. The Bertz CT molecular complexity index is 374. The summed E-state index contributed by atoms with van der Waals surface area (Å²) >= 11 is 0. The molecule has 0 aromatic rings. The number of hydrogen-bond acceptors (Lipinski definition) is 3. The third-order valence-corrected chi connectivity index (χ3v) is 4.79. The van der Waals surface area contributed by atoms with Gasteiger partial charge in [-0.1, -0.05) is 19.3 Å². The fourth-order valence-corrected chi connectivity index (χ4v) is 3.36. The predicted molar refractivity (Wildman–Crippen MR) is 80.3 cm³/mol. The van der Waals surface area contributed by atoms with Crippen molar-refractivity contribution < 1.29 is 14.7 Å². The maximum atomic E-state index is 12.0. The Labute approximate surface area is 126 Å². The highest BCUT2D eigenvalue weighted by Gasteiger charge is 2.42. The van der Waals surface area contributed by atoms with Crippen LogP contribution in [0.25, 0.3) is 0 Å². The zero-order valence-corrected chi connectivity index (χ0v) is 12.9. The monoisotopic (exact) mass is 297 g/mol. The third kappa shape index (κ3) is 4.09. The number of rotatable bonds is 5. The fourth-order valence-electron chi connectivity index (χ4n) is 3.36. The smallest absolute Gasteiger partial charge is 0.329 e. The van der Waals surface area contributed by atoms with Crippen LogP contribution in [0.2, 0.25) is 0 Å². The molecule has 2 aliphatic rings. The first kappa shape index (κ1) is 16.1. The molecule has 0 radical (unpaired) electrons. The lowest BCUT2D eigenvalue weighted by atomic mass is 9.98. The molecule has 1 aliphatic carbocycles. The summed E-state index contributed by atoms with van der Waals surface area (Å²) in [5, 5.41) is 14.9. The van der Waals surface area contributed by atoms with Gasteiger partial charge in [-0.05, 0) is 45.7 Å². The SMILES string of the molecule is CC(CNC(=O)NC1(C(=O)O)CCCC1)N1CCCCC1. The van der Waals surface area contributed by atoms with Crippen molar-refractivity contribution in [3.63, 3.8) is 0 Å². The van der Waals surface area contributed by atoms with Gasteiger partial charge < -0.3 is 15.7 Å². The fraction of sp³-hybridized carbons (Fsp3) is 0.867. The Kier molecular flexibility index (Phi) is 5.45. The molecule has 3 N–H and O–H groups in total. The summed E-state index contributed by atoms with van der Waals surface area (Å²) in [7, 11) is 0. The Morgan fingerprint density at radius 2 is 1.76 bits per heavy atom. The van der Waals surface area contributed by atoms with E-state index in [0.717, 1.165) is 25.9 Å². The zero-order valence-electron chi connectivity index (χ0n) is 12.9. The van der Waals surface area contributed by atoms with E-state index in [9.17, 15) is 14.7 Å². The van der Waals surface area contributed by atoms with Gasteiger partial charge >= 0.3 is 12.0 Å². The van der Waals surface area contributed by atoms with E-state index < -0.39 is 11.5 Å². The molecule has 1 saturated carbocycles. The van der Waals surface area contributed by atoms with Crippen molar-refractivity contribution in [2.24, 2.45) is 0 Å². The van der Waals surface area contributed by atoms with E-state index in [4.69, 9.17) is 0 Å². The molecule has 21 heavy (non-hydrogen) atoms. The lowest BCUT2D eigenvalue weighted by molar-refractivity contribution is -0.144. The van der Waals surface area contributed by atoms with Gasteiger partial charge in [0.1, 0.15) is 5.54 Å². The molecule has 1 atom stereocenters. The first-order chi connectivity index (χ1) is 10.0. The minimum atomic E-state index is -1.06. The normalized spacial score (nSPS) is 23.5. The van der Waals surface area contributed by atoms with Crippen LogP contribution in [0.5, 0.6) is 0 Å². The molecule has 0 spiro atoms. The molecule has 6 heteroatoms. The van der Waals surface area contributed by atoms with Gasteiger partial charge in [0.25, 0.3) is 0 Å². The number of nitrogens with zero attached hydrogens (tertiary/aromatic N) is 1. The van der Waals surface area contributed by atoms with Crippen LogP contribution in [0.15, 0.2) is 0 Å². The number of carboxylic acids is 1. The van der Waals surface area contributed by atoms with Crippen molar-refractivity contribution in [3.05, 3.63) is 0 Å². The molecule has 0 bridgehead atoms. The molecular weight excluding hydrogens is 270 g/mol. The lowest BCUT2D eigenvalue weighted by Gasteiger charge is -2.33. The summed E-state index contributed by atoms with van der Waals surface area (Å²) in [6.07, 6.45) is 6.50. The molecular formula is C15H27N3O3. The van der Waals surface area contributed by atoms with Crippen molar-refractivity contribution in [3.8, 4) is 0 Å². The standard InChI is InChI=1S/C15H27N3O3/c1-12(18-9-5-2-6-10-18)11-16-14(21)17-15(13(19)20)7-3-4-8-15/h12H,2-11H2,1H3,(H,19,20)(H2,16,17,21). The highest BCUT2D eigenvalue weighted by atomic mass is 16.4. The van der Waals surface area contributed by atoms with Gasteiger partial charge in [0.05, 0.1) is 0 Å². The molecule has 120 valence electrons. The van der Waals surface area contributed by atoms with Gasteiger partial charge in [-0.25, -0.2) is 9.59 Å². The topological polar surface area (TPSA) is 81.7 Å². The second-order valence-corrected chi connectivity index (χ2v) is 6.38. The van der Waals surface area contributed by atoms with Gasteiger partial charge in [0.2, 0.25) is 0 Å². The molecule has 2 amide bonds. The number of carboxylic acid groups (broad SMARTS) is 1. The van der Waals surface area contributed by atoms with Crippen molar-refractivity contribution in [1.29, 1.82) is 0 Å². The first-order valence-corrected chi connectivity index (χ1v) is 8.07. The maximum absolute atomic E-state index is 12.0. The summed E-state index contributed by atoms with van der Waals surface area (Å²) < 4.78 is 0. The number of nitrogens with one attached hydrogen (secondary N) is 2. The molecule has 1 heterocycles. The van der Waals surface area contributed by atoms with Crippen LogP contribution in [0.4, 0.5) is 4.79 Å². The van der Waals surface area contributed by atoms with Crippen LogP contribution < -0.4 is 10.6 Å². The van der Waals surface area contributed by atoms with Gasteiger partial charge in [-0.15, -0.1) is 0 Å². The van der Waals surface area contributed by atoms with Crippen molar-refractivity contribution in [2.75, 3.05) is 19.6 Å². The van der Waals surface area contributed by atoms with Gasteiger partial charge in [0.15, 0.2) is 0 Å². The van der Waals surface area contributed by atoms with E-state index in [1.807, 2.05) is 0 Å². The van der Waals surface area contributed by atoms with E-state index >= 15 is 0 Å². The van der Waals surface area contributed by atoms with E-state index in [2.05, 4.69) is 22.5 Å². The van der Waals surface area contributed by atoms with Crippen LogP contribution in [0.3, 0.4) is 0 Å². The summed E-state index contributed by atoms with van der Waals surface area (Å²) in [5.74, 6) is -0.917. The lowest BCUT2D eigenvalue weighted by Crippen LogP contribution is -2.56. The number of carbonyl (C=O) groups excluding carboxylic acids is 1. The minimum absolute atomic E-state index is 0.292. The number of carbonyl (C=O) groups is 2. The largest absolute Gasteiger partial charge is 0.480 e. The zero-order chi connectivity index (χ0) is 15.3. The maximum Gasteiger partial charge on any atom is 0.329 e. The van der Waals surface area contributed by atoms with Crippen LogP contribution in [0, 0.1) is 0 Å². The Balaban J connectivity index is 1.77. The molecule has 2 fully saturated rings. The number of aliphatic carboxylic acids is 1. The second-order valence-electron chi connectivity index (χ2n) is 6.38. The van der Waals surface area contributed by atoms with Gasteiger partial charge in [-0.3, -0.25) is 4.90 Å². The number of hydrogen-bond donors (Lipinski definition) is 3. The predicted octanol–water partition coefficient (Wildman–Crippen LogP) is 1.56. The van der Waals surface area contributed by atoms with Gasteiger partial charge in [-0.2, -0.15) is 0 Å².